The number of carbonyl (C=O) groups excluding carboxylic acids is 1. The summed E-state index contributed by atoms with van der Waals surface area (Å²) in [7, 11) is 0. The highest BCUT2D eigenvalue weighted by molar-refractivity contribution is 5.81. The van der Waals surface area contributed by atoms with Crippen LogP contribution in [0.1, 0.15) is 101 Å². The third kappa shape index (κ3) is 2.24. The topological polar surface area (TPSA) is 35.5 Å². The monoisotopic (exact) mass is 328 g/mol. The standard InChI is InChI=1S/C21H28O3/c1-12-16-15(21(5)10-6-9-20(3,4)11-21)8-7-14-13(2)23-19(17(14)16)24-18(12)22/h7-8,12-13,19H,6,9-11H2,1-5H3/t12-,13+,19+,21+/m1/s1. The highest BCUT2D eigenvalue weighted by Gasteiger charge is 2.46. The van der Waals surface area contributed by atoms with E-state index in [0.717, 1.165) is 12.0 Å². The van der Waals surface area contributed by atoms with E-state index in [2.05, 4.69) is 32.9 Å². The first-order valence-electron chi connectivity index (χ1n) is 9.25. The smallest absolute Gasteiger partial charge is 0.315 e. The van der Waals surface area contributed by atoms with Crippen molar-refractivity contribution in [1.29, 1.82) is 0 Å². The molecule has 0 spiro atoms. The number of ether oxygens (including phenoxy) is 2. The first kappa shape index (κ1) is 16.1. The second-order valence-corrected chi connectivity index (χ2v) is 9.05. The van der Waals surface area contributed by atoms with Crippen LogP contribution >= 0.6 is 0 Å². The summed E-state index contributed by atoms with van der Waals surface area (Å²) < 4.78 is 11.5. The number of carbonyl (C=O) groups is 1. The van der Waals surface area contributed by atoms with Crippen molar-refractivity contribution in [1.82, 2.24) is 0 Å². The fourth-order valence-corrected chi connectivity index (χ4v) is 5.42. The van der Waals surface area contributed by atoms with E-state index in [1.54, 1.807) is 0 Å². The van der Waals surface area contributed by atoms with Crippen LogP contribution in [0.4, 0.5) is 0 Å². The van der Waals surface area contributed by atoms with Gasteiger partial charge in [-0.15, -0.1) is 0 Å². The molecule has 0 saturated heterocycles. The van der Waals surface area contributed by atoms with Gasteiger partial charge in [0.05, 0.1) is 12.0 Å². The Morgan fingerprint density at radius 3 is 2.54 bits per heavy atom. The SMILES string of the molecule is C[C@@H]1O[C@H]2OC(=O)[C@H](C)c3c([C@@]4(C)CCCC(C)(C)C4)ccc1c32. The van der Waals surface area contributed by atoms with E-state index in [1.165, 1.54) is 36.0 Å². The fourth-order valence-electron chi connectivity index (χ4n) is 5.42. The lowest BCUT2D eigenvalue weighted by molar-refractivity contribution is -0.188. The Kier molecular flexibility index (Phi) is 3.41. The van der Waals surface area contributed by atoms with Crippen LogP contribution in [0, 0.1) is 5.41 Å². The Morgan fingerprint density at radius 1 is 1.08 bits per heavy atom. The quantitative estimate of drug-likeness (QED) is 0.657. The van der Waals surface area contributed by atoms with Gasteiger partial charge in [0.25, 0.3) is 0 Å². The van der Waals surface area contributed by atoms with Gasteiger partial charge in [-0.05, 0) is 60.6 Å². The Morgan fingerprint density at radius 2 is 1.83 bits per heavy atom. The molecule has 24 heavy (non-hydrogen) atoms. The summed E-state index contributed by atoms with van der Waals surface area (Å²) in [5, 5.41) is 0. The molecule has 130 valence electrons. The molecule has 0 unspecified atom stereocenters. The molecule has 2 aliphatic heterocycles. The van der Waals surface area contributed by atoms with Gasteiger partial charge in [-0.1, -0.05) is 39.3 Å². The minimum absolute atomic E-state index is 0.00787. The lowest BCUT2D eigenvalue weighted by Gasteiger charge is -2.45. The van der Waals surface area contributed by atoms with Gasteiger partial charge in [0, 0.05) is 5.56 Å². The summed E-state index contributed by atoms with van der Waals surface area (Å²) in [6, 6.07) is 4.48. The molecule has 1 aromatic carbocycles. The molecule has 0 radical (unpaired) electrons. The van der Waals surface area contributed by atoms with Crippen LogP contribution in [0.15, 0.2) is 12.1 Å². The van der Waals surface area contributed by atoms with Gasteiger partial charge >= 0.3 is 5.97 Å². The van der Waals surface area contributed by atoms with Crippen molar-refractivity contribution in [2.75, 3.05) is 0 Å². The molecule has 1 aliphatic carbocycles. The van der Waals surface area contributed by atoms with Crippen LogP contribution in [0.25, 0.3) is 0 Å². The largest absolute Gasteiger partial charge is 0.431 e. The first-order chi connectivity index (χ1) is 11.2. The Balaban J connectivity index is 1.90. The molecule has 2 heterocycles. The van der Waals surface area contributed by atoms with Crippen LogP contribution in [0.5, 0.6) is 0 Å². The fraction of sp³-hybridized carbons (Fsp3) is 0.667. The predicted octanol–water partition coefficient (Wildman–Crippen LogP) is 5.29. The highest BCUT2D eigenvalue weighted by Crippen LogP contribution is 2.54. The molecular weight excluding hydrogens is 300 g/mol. The van der Waals surface area contributed by atoms with E-state index >= 15 is 0 Å². The van der Waals surface area contributed by atoms with Gasteiger partial charge in [-0.3, -0.25) is 4.79 Å². The Labute approximate surface area is 144 Å². The van der Waals surface area contributed by atoms with E-state index in [1.807, 2.05) is 13.8 Å². The zero-order valence-corrected chi connectivity index (χ0v) is 15.4. The highest BCUT2D eigenvalue weighted by atomic mass is 16.7. The van der Waals surface area contributed by atoms with Crippen LogP contribution in [0.2, 0.25) is 0 Å². The average Bonchev–Trinajstić information content (AvgIpc) is 2.80. The second kappa shape index (κ2) is 5.08. The van der Waals surface area contributed by atoms with Crippen molar-refractivity contribution >= 4 is 5.97 Å². The molecule has 0 bridgehead atoms. The second-order valence-electron chi connectivity index (χ2n) is 9.05. The van der Waals surface area contributed by atoms with Crippen molar-refractivity contribution in [3.05, 3.63) is 34.4 Å². The van der Waals surface area contributed by atoms with Crippen molar-refractivity contribution in [2.45, 2.75) is 84.0 Å². The van der Waals surface area contributed by atoms with Gasteiger partial charge in [-0.2, -0.15) is 0 Å². The van der Waals surface area contributed by atoms with Crippen molar-refractivity contribution in [3.8, 4) is 0 Å². The molecule has 0 amide bonds. The summed E-state index contributed by atoms with van der Waals surface area (Å²) in [5.74, 6) is -0.361. The average molecular weight is 328 g/mol. The van der Waals surface area contributed by atoms with Crippen LogP contribution in [-0.2, 0) is 19.7 Å². The zero-order valence-electron chi connectivity index (χ0n) is 15.4. The van der Waals surface area contributed by atoms with Gasteiger partial charge in [-0.25, -0.2) is 0 Å². The van der Waals surface area contributed by atoms with Crippen molar-refractivity contribution in [2.24, 2.45) is 5.41 Å². The van der Waals surface area contributed by atoms with E-state index in [4.69, 9.17) is 9.47 Å². The zero-order chi connectivity index (χ0) is 17.3. The third-order valence-electron chi connectivity index (χ3n) is 6.43. The Hall–Kier alpha value is -1.35. The minimum atomic E-state index is -0.506. The molecule has 0 N–H and O–H groups in total. The van der Waals surface area contributed by atoms with Gasteiger partial charge < -0.3 is 9.47 Å². The van der Waals surface area contributed by atoms with Crippen LogP contribution < -0.4 is 0 Å². The first-order valence-corrected chi connectivity index (χ1v) is 9.25. The summed E-state index contributed by atoms with van der Waals surface area (Å²) in [4.78, 5) is 12.4. The molecule has 3 heteroatoms. The lowest BCUT2D eigenvalue weighted by Crippen LogP contribution is -2.37. The van der Waals surface area contributed by atoms with E-state index < -0.39 is 6.29 Å². The van der Waals surface area contributed by atoms with E-state index in [-0.39, 0.29) is 23.4 Å². The molecule has 4 atom stereocenters. The molecule has 1 fully saturated rings. The molecule has 4 rings (SSSR count). The van der Waals surface area contributed by atoms with Gasteiger partial charge in [0.1, 0.15) is 0 Å². The van der Waals surface area contributed by atoms with Crippen molar-refractivity contribution < 1.29 is 14.3 Å². The summed E-state index contributed by atoms with van der Waals surface area (Å²) in [6.07, 6.45) is 4.36. The van der Waals surface area contributed by atoms with E-state index in [9.17, 15) is 4.79 Å². The van der Waals surface area contributed by atoms with Crippen molar-refractivity contribution in [3.63, 3.8) is 0 Å². The van der Waals surface area contributed by atoms with E-state index in [0.29, 0.717) is 5.41 Å². The molecule has 1 saturated carbocycles. The predicted molar refractivity (Wildman–Crippen MR) is 92.8 cm³/mol. The molecule has 3 aliphatic rings. The summed E-state index contributed by atoms with van der Waals surface area (Å²) in [6.45, 7) is 11.1. The number of hydrogen-bond donors (Lipinski definition) is 0. The maximum absolute atomic E-state index is 12.4. The lowest BCUT2D eigenvalue weighted by atomic mass is 9.60. The molecule has 1 aromatic rings. The number of hydrogen-bond acceptors (Lipinski definition) is 3. The van der Waals surface area contributed by atoms with Gasteiger partial charge in [0.15, 0.2) is 0 Å². The normalized spacial score (nSPS) is 37.0. The third-order valence-corrected chi connectivity index (χ3v) is 6.43. The molecule has 0 aromatic heterocycles. The number of rotatable bonds is 1. The maximum Gasteiger partial charge on any atom is 0.315 e. The maximum atomic E-state index is 12.4. The minimum Gasteiger partial charge on any atom is -0.431 e. The summed E-state index contributed by atoms with van der Waals surface area (Å²) >= 11 is 0. The van der Waals surface area contributed by atoms with Crippen LogP contribution in [0.3, 0.4) is 0 Å². The number of esters is 1. The Bertz CT molecular complexity index is 705. The van der Waals surface area contributed by atoms with Crippen LogP contribution in [-0.4, -0.2) is 5.97 Å². The molecular formula is C21H28O3. The number of benzene rings is 1. The summed E-state index contributed by atoms with van der Waals surface area (Å²) in [5.41, 5.74) is 5.34. The molecule has 3 nitrogen and oxygen atoms in total. The van der Waals surface area contributed by atoms with Gasteiger partial charge in [0.2, 0.25) is 6.29 Å².